The van der Waals surface area contributed by atoms with Crippen LogP contribution in [0.5, 0.6) is 11.5 Å². The second-order valence-corrected chi connectivity index (χ2v) is 8.40. The maximum Gasteiger partial charge on any atom is 0.276 e. The number of para-hydroxylation sites is 1. The number of amides is 1. The van der Waals surface area contributed by atoms with Crippen LogP contribution < -0.4 is 14.8 Å². The van der Waals surface area contributed by atoms with Gasteiger partial charge in [-0.25, -0.2) is 9.97 Å². The van der Waals surface area contributed by atoms with Crippen molar-refractivity contribution in [3.8, 4) is 11.5 Å². The Labute approximate surface area is 187 Å². The van der Waals surface area contributed by atoms with Crippen LogP contribution in [0.15, 0.2) is 47.5 Å². The SMILES string of the molecule is C=C(C)Oc1c(/C=C/c2nc3sccn3c2C(=O)Nc2nc(C)cs2)cccc1OC. The van der Waals surface area contributed by atoms with E-state index in [-0.39, 0.29) is 5.91 Å². The molecule has 0 saturated heterocycles. The lowest BCUT2D eigenvalue weighted by Crippen LogP contribution is -2.15. The lowest BCUT2D eigenvalue weighted by atomic mass is 10.1. The highest BCUT2D eigenvalue weighted by molar-refractivity contribution is 7.15. The van der Waals surface area contributed by atoms with Crippen LogP contribution in [0, 0.1) is 6.92 Å². The third kappa shape index (κ3) is 4.37. The van der Waals surface area contributed by atoms with E-state index >= 15 is 0 Å². The molecule has 1 N–H and O–H groups in total. The quantitative estimate of drug-likeness (QED) is 0.374. The molecule has 0 aliphatic carbocycles. The summed E-state index contributed by atoms with van der Waals surface area (Å²) in [6.07, 6.45) is 5.47. The van der Waals surface area contributed by atoms with Gasteiger partial charge in [-0.15, -0.1) is 22.7 Å². The van der Waals surface area contributed by atoms with Gasteiger partial charge in [0.15, 0.2) is 21.6 Å². The van der Waals surface area contributed by atoms with Crippen LogP contribution in [-0.4, -0.2) is 27.4 Å². The molecule has 0 radical (unpaired) electrons. The molecule has 0 spiro atoms. The molecule has 4 aromatic rings. The normalized spacial score (nSPS) is 11.2. The van der Waals surface area contributed by atoms with E-state index in [1.54, 1.807) is 24.5 Å². The smallest absolute Gasteiger partial charge is 0.276 e. The number of anilines is 1. The molecule has 0 saturated carbocycles. The number of benzene rings is 1. The van der Waals surface area contributed by atoms with E-state index in [4.69, 9.17) is 9.47 Å². The predicted molar refractivity (Wildman–Crippen MR) is 125 cm³/mol. The molecule has 0 bridgehead atoms. The lowest BCUT2D eigenvalue weighted by molar-refractivity contribution is 0.102. The van der Waals surface area contributed by atoms with E-state index in [0.717, 1.165) is 16.2 Å². The summed E-state index contributed by atoms with van der Waals surface area (Å²) < 4.78 is 13.0. The summed E-state index contributed by atoms with van der Waals surface area (Å²) in [7, 11) is 1.58. The summed E-state index contributed by atoms with van der Waals surface area (Å²) >= 11 is 2.84. The summed E-state index contributed by atoms with van der Waals surface area (Å²) in [5, 5.41) is 7.19. The average Bonchev–Trinajstić information content (AvgIpc) is 3.42. The molecule has 1 aromatic carbocycles. The Morgan fingerprint density at radius 1 is 1.26 bits per heavy atom. The number of carbonyl (C=O) groups is 1. The Kier molecular flexibility index (Phi) is 5.88. The first-order valence-corrected chi connectivity index (χ1v) is 11.1. The first kappa shape index (κ1) is 20.8. The highest BCUT2D eigenvalue weighted by atomic mass is 32.1. The number of hydrogen-bond donors (Lipinski definition) is 1. The zero-order chi connectivity index (χ0) is 22.0. The zero-order valence-electron chi connectivity index (χ0n) is 17.2. The first-order valence-electron chi connectivity index (χ1n) is 9.33. The largest absolute Gasteiger partial charge is 0.493 e. The number of nitrogens with one attached hydrogen (secondary N) is 1. The van der Waals surface area contributed by atoms with Crippen LogP contribution in [0.25, 0.3) is 17.1 Å². The Hall–Kier alpha value is -3.43. The highest BCUT2D eigenvalue weighted by Crippen LogP contribution is 2.34. The minimum absolute atomic E-state index is 0.274. The van der Waals surface area contributed by atoms with Crippen LogP contribution in [0.4, 0.5) is 5.13 Å². The molecule has 0 atom stereocenters. The summed E-state index contributed by atoms with van der Waals surface area (Å²) in [4.78, 5) is 22.7. The number of ether oxygens (including phenoxy) is 2. The number of carbonyl (C=O) groups excluding carboxylic acids is 1. The fraction of sp³-hybridized carbons (Fsp3) is 0.136. The molecule has 9 heteroatoms. The van der Waals surface area contributed by atoms with Gasteiger partial charge in [-0.3, -0.25) is 14.5 Å². The number of methoxy groups -OCH3 is 1. The molecule has 3 heterocycles. The third-order valence-electron chi connectivity index (χ3n) is 4.27. The average molecular weight is 453 g/mol. The summed E-state index contributed by atoms with van der Waals surface area (Å²) in [5.41, 5.74) is 2.62. The maximum atomic E-state index is 13.1. The van der Waals surface area contributed by atoms with Gasteiger partial charge in [0.05, 0.1) is 24.3 Å². The zero-order valence-corrected chi connectivity index (χ0v) is 18.8. The number of allylic oxidation sites excluding steroid dienone is 1. The van der Waals surface area contributed by atoms with E-state index in [0.29, 0.717) is 33.8 Å². The van der Waals surface area contributed by atoms with Gasteiger partial charge >= 0.3 is 0 Å². The van der Waals surface area contributed by atoms with Gasteiger partial charge in [0.25, 0.3) is 5.91 Å². The minimum atomic E-state index is -0.274. The fourth-order valence-electron chi connectivity index (χ4n) is 2.99. The molecule has 158 valence electrons. The number of fused-ring (bicyclic) bond motifs is 1. The van der Waals surface area contributed by atoms with Crippen LogP contribution in [-0.2, 0) is 0 Å². The fourth-order valence-corrected chi connectivity index (χ4v) is 4.39. The van der Waals surface area contributed by atoms with Gasteiger partial charge in [-0.05, 0) is 32.1 Å². The standard InChI is InChI=1S/C22H20N4O3S2/c1-13(2)29-19-15(6-5-7-17(19)28-4)8-9-16-18(26-10-11-30-22(26)24-16)20(27)25-21-23-14(3)12-31-21/h5-12H,1H2,2-4H3,(H,23,25,27)/b9-8+. The first-order chi connectivity index (χ1) is 15.0. The summed E-state index contributed by atoms with van der Waals surface area (Å²) in [6, 6.07) is 5.58. The highest BCUT2D eigenvalue weighted by Gasteiger charge is 2.20. The second-order valence-electron chi connectivity index (χ2n) is 6.67. The lowest BCUT2D eigenvalue weighted by Gasteiger charge is -2.12. The second kappa shape index (κ2) is 8.75. The van der Waals surface area contributed by atoms with E-state index in [1.807, 2.05) is 48.2 Å². The van der Waals surface area contributed by atoms with Crippen molar-refractivity contribution in [2.24, 2.45) is 0 Å². The number of aryl methyl sites for hydroxylation is 1. The van der Waals surface area contributed by atoms with Gasteiger partial charge in [-0.2, -0.15) is 0 Å². The summed E-state index contributed by atoms with van der Waals surface area (Å²) in [5.74, 6) is 1.41. The van der Waals surface area contributed by atoms with E-state index < -0.39 is 0 Å². The topological polar surface area (TPSA) is 77.8 Å². The minimum Gasteiger partial charge on any atom is -0.493 e. The molecular formula is C22H20N4O3S2. The van der Waals surface area contributed by atoms with Crippen molar-refractivity contribution in [3.63, 3.8) is 0 Å². The van der Waals surface area contributed by atoms with Crippen LogP contribution in [0.3, 0.4) is 0 Å². The number of nitrogens with zero attached hydrogens (tertiary/aromatic N) is 3. The molecule has 0 aliphatic heterocycles. The Bertz CT molecular complexity index is 1300. The molecule has 4 rings (SSSR count). The number of rotatable bonds is 7. The Morgan fingerprint density at radius 3 is 2.81 bits per heavy atom. The van der Waals surface area contributed by atoms with Gasteiger partial charge in [-0.1, -0.05) is 18.7 Å². The van der Waals surface area contributed by atoms with Crippen molar-refractivity contribution in [2.75, 3.05) is 12.4 Å². The Balaban J connectivity index is 1.72. The van der Waals surface area contributed by atoms with Crippen LogP contribution in [0.2, 0.25) is 0 Å². The van der Waals surface area contributed by atoms with Crippen molar-refractivity contribution in [1.82, 2.24) is 14.4 Å². The van der Waals surface area contributed by atoms with E-state index in [9.17, 15) is 4.79 Å². The molecule has 7 nitrogen and oxygen atoms in total. The van der Waals surface area contributed by atoms with Crippen LogP contribution >= 0.6 is 22.7 Å². The molecule has 31 heavy (non-hydrogen) atoms. The molecule has 0 unspecified atom stereocenters. The number of aromatic nitrogens is 3. The van der Waals surface area contributed by atoms with Crippen molar-refractivity contribution >= 4 is 50.8 Å². The number of hydrogen-bond acceptors (Lipinski definition) is 7. The van der Waals surface area contributed by atoms with E-state index in [1.165, 1.54) is 22.7 Å². The number of thiazole rings is 2. The number of imidazole rings is 1. The van der Waals surface area contributed by atoms with E-state index in [2.05, 4.69) is 21.9 Å². The van der Waals surface area contributed by atoms with Crippen LogP contribution in [0.1, 0.15) is 34.4 Å². The molecule has 3 aromatic heterocycles. The molecule has 1 amide bonds. The predicted octanol–water partition coefficient (Wildman–Crippen LogP) is 5.50. The third-order valence-corrected chi connectivity index (χ3v) is 5.90. The van der Waals surface area contributed by atoms with Crippen molar-refractivity contribution < 1.29 is 14.3 Å². The van der Waals surface area contributed by atoms with Crippen molar-refractivity contribution in [1.29, 1.82) is 0 Å². The van der Waals surface area contributed by atoms with Gasteiger partial charge < -0.3 is 9.47 Å². The maximum absolute atomic E-state index is 13.1. The van der Waals surface area contributed by atoms with Gasteiger partial charge in [0.2, 0.25) is 0 Å². The van der Waals surface area contributed by atoms with Gasteiger partial charge in [0.1, 0.15) is 5.69 Å². The monoisotopic (exact) mass is 452 g/mol. The van der Waals surface area contributed by atoms with Crippen molar-refractivity contribution in [3.05, 3.63) is 70.1 Å². The summed E-state index contributed by atoms with van der Waals surface area (Å²) in [6.45, 7) is 7.47. The van der Waals surface area contributed by atoms with Crippen molar-refractivity contribution in [2.45, 2.75) is 13.8 Å². The molecular weight excluding hydrogens is 432 g/mol. The molecule has 0 aliphatic rings. The molecule has 0 fully saturated rings. The Morgan fingerprint density at radius 2 is 2.10 bits per heavy atom. The van der Waals surface area contributed by atoms with Gasteiger partial charge in [0, 0.05) is 22.5 Å².